The van der Waals surface area contributed by atoms with Crippen molar-refractivity contribution in [3.05, 3.63) is 59.7 Å². The summed E-state index contributed by atoms with van der Waals surface area (Å²) in [5.74, 6) is 1.33. The van der Waals surface area contributed by atoms with Crippen LogP contribution < -0.4 is 0 Å². The van der Waals surface area contributed by atoms with Crippen molar-refractivity contribution in [2.45, 2.75) is 5.92 Å². The van der Waals surface area contributed by atoms with E-state index in [1.54, 1.807) is 6.20 Å². The van der Waals surface area contributed by atoms with E-state index in [0.717, 1.165) is 5.82 Å². The Balaban J connectivity index is 2.11. The molecule has 2 heteroatoms. The number of fused-ring (bicyclic) bond motifs is 1. The maximum Gasteiger partial charge on any atom is 0.117 e. The third-order valence-electron chi connectivity index (χ3n) is 2.61. The van der Waals surface area contributed by atoms with E-state index in [-0.39, 0.29) is 0 Å². The summed E-state index contributed by atoms with van der Waals surface area (Å²) < 4.78 is 0. The van der Waals surface area contributed by atoms with Gasteiger partial charge in [-0.1, -0.05) is 36.4 Å². The summed E-state index contributed by atoms with van der Waals surface area (Å²) in [6.07, 6.45) is 8.00. The number of allylic oxidation sites excluding steroid dienone is 1. The zero-order chi connectivity index (χ0) is 9.38. The average Bonchev–Trinajstić information content (AvgIpc) is 2.85. The largest absolute Gasteiger partial charge is 0.348 e. The molecule has 0 bridgehead atoms. The van der Waals surface area contributed by atoms with E-state index >= 15 is 0 Å². The van der Waals surface area contributed by atoms with Gasteiger partial charge in [-0.3, -0.25) is 0 Å². The SMILES string of the molecule is C1=CC(c2ncc[nH]2)c2ccccc21. The van der Waals surface area contributed by atoms with Crippen molar-refractivity contribution in [2.75, 3.05) is 0 Å². The molecule has 0 saturated carbocycles. The van der Waals surface area contributed by atoms with Crippen molar-refractivity contribution in [3.8, 4) is 0 Å². The Morgan fingerprint density at radius 2 is 2.14 bits per heavy atom. The first-order valence-electron chi connectivity index (χ1n) is 4.71. The highest BCUT2D eigenvalue weighted by molar-refractivity contribution is 5.64. The third kappa shape index (κ3) is 1.01. The Bertz CT molecular complexity index is 469. The molecule has 0 fully saturated rings. The predicted molar refractivity (Wildman–Crippen MR) is 55.9 cm³/mol. The Hall–Kier alpha value is -1.83. The van der Waals surface area contributed by atoms with Crippen LogP contribution in [0.25, 0.3) is 6.08 Å². The summed E-state index contributed by atoms with van der Waals surface area (Å²) >= 11 is 0. The van der Waals surface area contributed by atoms with Gasteiger partial charge in [0.2, 0.25) is 0 Å². The molecular formula is C12H10N2. The van der Waals surface area contributed by atoms with Crippen LogP contribution >= 0.6 is 0 Å². The highest BCUT2D eigenvalue weighted by atomic mass is 14.9. The zero-order valence-corrected chi connectivity index (χ0v) is 7.64. The molecule has 0 saturated heterocycles. The van der Waals surface area contributed by atoms with E-state index in [2.05, 4.69) is 46.4 Å². The van der Waals surface area contributed by atoms with Crippen molar-refractivity contribution < 1.29 is 0 Å². The van der Waals surface area contributed by atoms with E-state index < -0.39 is 0 Å². The quantitative estimate of drug-likeness (QED) is 0.721. The average molecular weight is 182 g/mol. The molecule has 0 radical (unpaired) electrons. The van der Waals surface area contributed by atoms with Crippen LogP contribution in [0.15, 0.2) is 42.7 Å². The molecule has 1 unspecified atom stereocenters. The summed E-state index contributed by atoms with van der Waals surface area (Å²) in [4.78, 5) is 7.45. The lowest BCUT2D eigenvalue weighted by atomic mass is 10.0. The second-order valence-corrected chi connectivity index (χ2v) is 3.44. The number of aromatic amines is 1. The molecule has 1 aromatic carbocycles. The Morgan fingerprint density at radius 3 is 3.00 bits per heavy atom. The lowest BCUT2D eigenvalue weighted by Crippen LogP contribution is -1.97. The number of hydrogen-bond donors (Lipinski definition) is 1. The molecular weight excluding hydrogens is 172 g/mol. The van der Waals surface area contributed by atoms with Gasteiger partial charge in [0, 0.05) is 12.4 Å². The minimum atomic E-state index is 0.307. The van der Waals surface area contributed by atoms with Gasteiger partial charge in [-0.05, 0) is 11.1 Å². The third-order valence-corrected chi connectivity index (χ3v) is 2.61. The molecule has 14 heavy (non-hydrogen) atoms. The van der Waals surface area contributed by atoms with Crippen LogP contribution in [0.5, 0.6) is 0 Å². The van der Waals surface area contributed by atoms with E-state index in [9.17, 15) is 0 Å². The normalized spacial score (nSPS) is 18.4. The van der Waals surface area contributed by atoms with Gasteiger partial charge >= 0.3 is 0 Å². The van der Waals surface area contributed by atoms with Gasteiger partial charge in [-0.2, -0.15) is 0 Å². The number of nitrogens with zero attached hydrogens (tertiary/aromatic N) is 1. The smallest absolute Gasteiger partial charge is 0.117 e. The van der Waals surface area contributed by atoms with Gasteiger partial charge in [-0.15, -0.1) is 0 Å². The van der Waals surface area contributed by atoms with Gasteiger partial charge in [-0.25, -0.2) is 4.98 Å². The number of rotatable bonds is 1. The maximum atomic E-state index is 4.29. The summed E-state index contributed by atoms with van der Waals surface area (Å²) in [5, 5.41) is 0. The van der Waals surface area contributed by atoms with Crippen molar-refractivity contribution in [1.29, 1.82) is 0 Å². The van der Waals surface area contributed by atoms with Crippen LogP contribution in [0.3, 0.4) is 0 Å². The Labute approximate surface area is 82.3 Å². The Kier molecular flexibility index (Phi) is 1.53. The number of imidazole rings is 1. The maximum absolute atomic E-state index is 4.29. The van der Waals surface area contributed by atoms with Crippen LogP contribution in [-0.4, -0.2) is 9.97 Å². The minimum absolute atomic E-state index is 0.307. The van der Waals surface area contributed by atoms with Gasteiger partial charge in [0.15, 0.2) is 0 Å². The molecule has 2 nitrogen and oxygen atoms in total. The zero-order valence-electron chi connectivity index (χ0n) is 7.64. The fourth-order valence-corrected chi connectivity index (χ4v) is 1.94. The second kappa shape index (κ2) is 2.84. The number of H-pyrrole nitrogens is 1. The molecule has 68 valence electrons. The summed E-state index contributed by atoms with van der Waals surface area (Å²) in [6.45, 7) is 0. The molecule has 1 N–H and O–H groups in total. The minimum Gasteiger partial charge on any atom is -0.348 e. The van der Waals surface area contributed by atoms with Crippen LogP contribution in [0, 0.1) is 0 Å². The van der Waals surface area contributed by atoms with E-state index in [1.807, 2.05) is 6.20 Å². The standard InChI is InChI=1S/C12H10N2/c1-2-4-10-9(3-1)5-6-11(10)12-13-7-8-14-12/h1-8,11H,(H,13,14). The van der Waals surface area contributed by atoms with Gasteiger partial charge in [0.1, 0.15) is 5.82 Å². The number of benzene rings is 1. The van der Waals surface area contributed by atoms with E-state index in [0.29, 0.717) is 5.92 Å². The molecule has 2 aromatic rings. The first-order valence-corrected chi connectivity index (χ1v) is 4.71. The fourth-order valence-electron chi connectivity index (χ4n) is 1.94. The summed E-state index contributed by atoms with van der Waals surface area (Å²) in [7, 11) is 0. The van der Waals surface area contributed by atoms with Gasteiger partial charge in [0.25, 0.3) is 0 Å². The fraction of sp³-hybridized carbons (Fsp3) is 0.0833. The molecule has 1 aliphatic carbocycles. The number of aromatic nitrogens is 2. The van der Waals surface area contributed by atoms with Crippen molar-refractivity contribution in [2.24, 2.45) is 0 Å². The van der Waals surface area contributed by atoms with Crippen LogP contribution in [-0.2, 0) is 0 Å². The molecule has 1 atom stereocenters. The monoisotopic (exact) mass is 182 g/mol. The lowest BCUT2D eigenvalue weighted by molar-refractivity contribution is 0.930. The molecule has 1 heterocycles. The highest BCUT2D eigenvalue weighted by Crippen LogP contribution is 2.32. The van der Waals surface area contributed by atoms with E-state index in [4.69, 9.17) is 0 Å². The molecule has 1 aromatic heterocycles. The van der Waals surface area contributed by atoms with Crippen molar-refractivity contribution in [1.82, 2.24) is 9.97 Å². The van der Waals surface area contributed by atoms with Crippen LogP contribution in [0.2, 0.25) is 0 Å². The molecule has 0 aliphatic heterocycles. The van der Waals surface area contributed by atoms with Crippen molar-refractivity contribution in [3.63, 3.8) is 0 Å². The summed E-state index contributed by atoms with van der Waals surface area (Å²) in [6, 6.07) is 8.42. The molecule has 3 rings (SSSR count). The molecule has 0 amide bonds. The molecule has 0 spiro atoms. The number of nitrogens with one attached hydrogen (secondary N) is 1. The topological polar surface area (TPSA) is 28.7 Å². The van der Waals surface area contributed by atoms with Crippen LogP contribution in [0.4, 0.5) is 0 Å². The van der Waals surface area contributed by atoms with Gasteiger partial charge in [0.05, 0.1) is 5.92 Å². The second-order valence-electron chi connectivity index (χ2n) is 3.44. The summed E-state index contributed by atoms with van der Waals surface area (Å²) in [5.41, 5.74) is 2.64. The first-order chi connectivity index (χ1) is 6.95. The molecule has 1 aliphatic rings. The van der Waals surface area contributed by atoms with Crippen LogP contribution in [0.1, 0.15) is 22.9 Å². The highest BCUT2D eigenvalue weighted by Gasteiger charge is 2.19. The first kappa shape index (κ1) is 7.56. The van der Waals surface area contributed by atoms with E-state index in [1.165, 1.54) is 11.1 Å². The predicted octanol–water partition coefficient (Wildman–Crippen LogP) is 2.57. The van der Waals surface area contributed by atoms with Crippen molar-refractivity contribution >= 4 is 6.08 Å². The van der Waals surface area contributed by atoms with Gasteiger partial charge < -0.3 is 4.98 Å². The number of hydrogen-bond acceptors (Lipinski definition) is 1. The lowest BCUT2D eigenvalue weighted by Gasteiger charge is -2.06. The Morgan fingerprint density at radius 1 is 1.21 bits per heavy atom.